The molecular formula is C11H20N4. The fourth-order valence-electron chi connectivity index (χ4n) is 1.53. The quantitative estimate of drug-likeness (QED) is 0.723. The molecule has 0 atom stereocenters. The van der Waals surface area contributed by atoms with Gasteiger partial charge in [-0.3, -0.25) is 0 Å². The molecule has 0 radical (unpaired) electrons. The summed E-state index contributed by atoms with van der Waals surface area (Å²) in [7, 11) is 0. The van der Waals surface area contributed by atoms with Crippen molar-refractivity contribution in [1.29, 1.82) is 0 Å². The highest BCUT2D eigenvalue weighted by Crippen LogP contribution is 2.10. The molecule has 84 valence electrons. The van der Waals surface area contributed by atoms with Crippen LogP contribution in [0.15, 0.2) is 12.2 Å². The number of nitrogens with two attached hydrogens (primary N) is 1. The number of unbranched alkanes of at least 4 members (excludes halogenated alkanes) is 1. The Morgan fingerprint density at radius 3 is 2.80 bits per heavy atom. The van der Waals surface area contributed by atoms with Crippen LogP contribution in [0.5, 0.6) is 0 Å². The second-order valence-electron chi connectivity index (χ2n) is 3.91. The molecule has 1 rings (SSSR count). The maximum Gasteiger partial charge on any atom is 0.0994 e. The average molecular weight is 208 g/mol. The maximum atomic E-state index is 5.63. The summed E-state index contributed by atoms with van der Waals surface area (Å²) in [6.07, 6.45) is 3.32. The highest BCUT2D eigenvalue weighted by molar-refractivity contribution is 5.11. The average Bonchev–Trinajstić information content (AvgIpc) is 2.56. The van der Waals surface area contributed by atoms with Crippen LogP contribution in [0, 0.1) is 0 Å². The van der Waals surface area contributed by atoms with E-state index in [1.165, 1.54) is 12.1 Å². The van der Waals surface area contributed by atoms with Crippen molar-refractivity contribution >= 4 is 0 Å². The molecule has 0 bridgehead atoms. The van der Waals surface area contributed by atoms with Crippen LogP contribution in [0.1, 0.15) is 38.1 Å². The van der Waals surface area contributed by atoms with Crippen molar-refractivity contribution in [2.45, 2.75) is 46.2 Å². The number of aromatic nitrogens is 3. The Labute approximate surface area is 91.2 Å². The fourth-order valence-corrected chi connectivity index (χ4v) is 1.53. The van der Waals surface area contributed by atoms with Crippen LogP contribution < -0.4 is 5.73 Å². The molecule has 0 fully saturated rings. The van der Waals surface area contributed by atoms with Gasteiger partial charge in [-0.2, -0.15) is 0 Å². The summed E-state index contributed by atoms with van der Waals surface area (Å²) in [6.45, 7) is 9.27. The number of nitrogens with zero attached hydrogens (tertiary/aromatic N) is 3. The molecule has 0 saturated carbocycles. The lowest BCUT2D eigenvalue weighted by molar-refractivity contribution is 0.601. The lowest BCUT2D eigenvalue weighted by Gasteiger charge is -2.06. The van der Waals surface area contributed by atoms with Crippen LogP contribution >= 0.6 is 0 Å². The van der Waals surface area contributed by atoms with Crippen molar-refractivity contribution in [2.24, 2.45) is 5.73 Å². The molecule has 0 unspecified atom stereocenters. The van der Waals surface area contributed by atoms with E-state index in [4.69, 9.17) is 5.73 Å². The van der Waals surface area contributed by atoms with Gasteiger partial charge in [0.2, 0.25) is 0 Å². The van der Waals surface area contributed by atoms with Gasteiger partial charge in [0.05, 0.1) is 17.9 Å². The van der Waals surface area contributed by atoms with E-state index in [1.54, 1.807) is 0 Å². The van der Waals surface area contributed by atoms with E-state index in [0.29, 0.717) is 6.54 Å². The lowest BCUT2D eigenvalue weighted by Crippen LogP contribution is -2.08. The molecule has 1 aromatic rings. The molecule has 0 aliphatic heterocycles. The van der Waals surface area contributed by atoms with E-state index >= 15 is 0 Å². The molecule has 0 amide bonds. The number of rotatable bonds is 6. The number of hydrogen-bond acceptors (Lipinski definition) is 3. The van der Waals surface area contributed by atoms with Gasteiger partial charge in [0.1, 0.15) is 0 Å². The summed E-state index contributed by atoms with van der Waals surface area (Å²) >= 11 is 0. The van der Waals surface area contributed by atoms with Gasteiger partial charge in [-0.25, -0.2) is 4.68 Å². The minimum Gasteiger partial charge on any atom is -0.325 e. The summed E-state index contributed by atoms with van der Waals surface area (Å²) in [5.74, 6) is 0. The first-order chi connectivity index (χ1) is 7.19. The van der Waals surface area contributed by atoms with E-state index in [1.807, 2.05) is 11.6 Å². The fraction of sp³-hybridized carbons (Fsp3) is 0.636. The summed E-state index contributed by atoms with van der Waals surface area (Å²) in [6, 6.07) is 0. The highest BCUT2D eigenvalue weighted by Gasteiger charge is 2.10. The molecule has 1 aromatic heterocycles. The van der Waals surface area contributed by atoms with E-state index in [2.05, 4.69) is 23.8 Å². The van der Waals surface area contributed by atoms with Crippen molar-refractivity contribution in [3.8, 4) is 0 Å². The first kappa shape index (κ1) is 11.9. The van der Waals surface area contributed by atoms with Gasteiger partial charge in [-0.05, 0) is 19.8 Å². The molecule has 0 saturated heterocycles. The largest absolute Gasteiger partial charge is 0.325 e. The highest BCUT2D eigenvalue weighted by atomic mass is 15.4. The Morgan fingerprint density at radius 2 is 2.27 bits per heavy atom. The van der Waals surface area contributed by atoms with E-state index in [9.17, 15) is 0 Å². The summed E-state index contributed by atoms with van der Waals surface area (Å²) in [5, 5.41) is 8.19. The molecule has 1 heterocycles. The van der Waals surface area contributed by atoms with E-state index in [-0.39, 0.29) is 0 Å². The molecule has 4 nitrogen and oxygen atoms in total. The Balaban J connectivity index is 2.84. The molecule has 4 heteroatoms. The third-order valence-corrected chi connectivity index (χ3v) is 2.30. The van der Waals surface area contributed by atoms with Crippen LogP contribution in [0.2, 0.25) is 0 Å². The van der Waals surface area contributed by atoms with Crippen LogP contribution in [0.4, 0.5) is 0 Å². The van der Waals surface area contributed by atoms with Crippen LogP contribution in [0.25, 0.3) is 0 Å². The second kappa shape index (κ2) is 5.66. The number of allylic oxidation sites excluding steroid dienone is 1. The molecular weight excluding hydrogens is 188 g/mol. The zero-order valence-electron chi connectivity index (χ0n) is 9.66. The minimum absolute atomic E-state index is 0.467. The van der Waals surface area contributed by atoms with Gasteiger partial charge in [-0.1, -0.05) is 30.7 Å². The SMILES string of the molecule is C=C(C)Cn1nnc(CN)c1CCCC. The van der Waals surface area contributed by atoms with E-state index in [0.717, 1.165) is 30.7 Å². The van der Waals surface area contributed by atoms with Crippen molar-refractivity contribution in [3.05, 3.63) is 23.5 Å². The predicted molar refractivity (Wildman–Crippen MR) is 61.3 cm³/mol. The molecule has 0 aliphatic rings. The Kier molecular flexibility index (Phi) is 4.49. The molecule has 0 spiro atoms. The van der Waals surface area contributed by atoms with Crippen molar-refractivity contribution < 1.29 is 0 Å². The monoisotopic (exact) mass is 208 g/mol. The number of hydrogen-bond donors (Lipinski definition) is 1. The Hall–Kier alpha value is -1.16. The van der Waals surface area contributed by atoms with Gasteiger partial charge in [0.25, 0.3) is 0 Å². The first-order valence-corrected chi connectivity index (χ1v) is 5.44. The van der Waals surface area contributed by atoms with Crippen molar-refractivity contribution in [3.63, 3.8) is 0 Å². The topological polar surface area (TPSA) is 56.7 Å². The van der Waals surface area contributed by atoms with Crippen LogP contribution in [-0.2, 0) is 19.5 Å². The van der Waals surface area contributed by atoms with Crippen molar-refractivity contribution in [1.82, 2.24) is 15.0 Å². The first-order valence-electron chi connectivity index (χ1n) is 5.44. The standard InChI is InChI=1S/C11H20N4/c1-4-5-6-11-10(7-12)13-14-15(11)8-9(2)3/h2,4-8,12H2,1,3H3. The normalized spacial score (nSPS) is 10.6. The molecule has 15 heavy (non-hydrogen) atoms. The van der Waals surface area contributed by atoms with Gasteiger partial charge in [-0.15, -0.1) is 5.10 Å². The van der Waals surface area contributed by atoms with Crippen LogP contribution in [0.3, 0.4) is 0 Å². The molecule has 0 aliphatic carbocycles. The summed E-state index contributed by atoms with van der Waals surface area (Å²) in [5.41, 5.74) is 8.80. The van der Waals surface area contributed by atoms with Gasteiger partial charge in [0.15, 0.2) is 0 Å². The van der Waals surface area contributed by atoms with Crippen LogP contribution in [-0.4, -0.2) is 15.0 Å². The third-order valence-electron chi connectivity index (χ3n) is 2.30. The van der Waals surface area contributed by atoms with Gasteiger partial charge < -0.3 is 5.73 Å². The third kappa shape index (κ3) is 3.16. The van der Waals surface area contributed by atoms with Gasteiger partial charge >= 0.3 is 0 Å². The molecule has 0 aromatic carbocycles. The van der Waals surface area contributed by atoms with Crippen molar-refractivity contribution in [2.75, 3.05) is 0 Å². The summed E-state index contributed by atoms with van der Waals surface area (Å²) < 4.78 is 1.92. The Bertz CT molecular complexity index is 327. The maximum absolute atomic E-state index is 5.63. The Morgan fingerprint density at radius 1 is 1.53 bits per heavy atom. The predicted octanol–water partition coefficient (Wildman–Crippen LogP) is 1.66. The lowest BCUT2D eigenvalue weighted by atomic mass is 10.1. The van der Waals surface area contributed by atoms with Gasteiger partial charge in [0, 0.05) is 6.54 Å². The zero-order chi connectivity index (χ0) is 11.3. The summed E-state index contributed by atoms with van der Waals surface area (Å²) in [4.78, 5) is 0. The second-order valence-corrected chi connectivity index (χ2v) is 3.91. The molecule has 2 N–H and O–H groups in total. The smallest absolute Gasteiger partial charge is 0.0994 e. The minimum atomic E-state index is 0.467. The zero-order valence-corrected chi connectivity index (χ0v) is 9.66. The van der Waals surface area contributed by atoms with E-state index < -0.39 is 0 Å².